The van der Waals surface area contributed by atoms with Gasteiger partial charge in [-0.2, -0.15) is 5.26 Å². The van der Waals surface area contributed by atoms with E-state index in [4.69, 9.17) is 10.1 Å². The summed E-state index contributed by atoms with van der Waals surface area (Å²) < 4.78 is 3.41. The van der Waals surface area contributed by atoms with E-state index in [9.17, 15) is 0 Å². The van der Waals surface area contributed by atoms with Crippen LogP contribution in [0.25, 0.3) is 5.69 Å². The van der Waals surface area contributed by atoms with E-state index in [1.165, 1.54) is 3.57 Å². The number of oxime groups is 1. The van der Waals surface area contributed by atoms with Gasteiger partial charge in [0, 0.05) is 31.8 Å². The van der Waals surface area contributed by atoms with Crippen molar-refractivity contribution in [2.75, 3.05) is 0 Å². The van der Waals surface area contributed by atoms with Crippen LogP contribution in [0.15, 0.2) is 59.8 Å². The molecule has 0 unspecified atom stereocenters. The van der Waals surface area contributed by atoms with Gasteiger partial charge >= 0.3 is 0 Å². The number of halogens is 1. The number of rotatable bonds is 5. The summed E-state index contributed by atoms with van der Waals surface area (Å²) in [7, 11) is 0. The van der Waals surface area contributed by atoms with Crippen molar-refractivity contribution < 1.29 is 4.84 Å². The summed E-state index contributed by atoms with van der Waals surface area (Å²) in [6.07, 6.45) is 1.72. The average molecular weight is 455 g/mol. The van der Waals surface area contributed by atoms with E-state index >= 15 is 0 Å². The first-order valence-electron chi connectivity index (χ1n) is 8.18. The summed E-state index contributed by atoms with van der Waals surface area (Å²) in [5.41, 5.74) is 5.82. The van der Waals surface area contributed by atoms with Crippen LogP contribution in [0.1, 0.15) is 28.1 Å². The Kier molecular flexibility index (Phi) is 5.74. The zero-order chi connectivity index (χ0) is 18.5. The molecule has 0 bridgehead atoms. The van der Waals surface area contributed by atoms with Crippen LogP contribution in [0, 0.1) is 28.7 Å². The van der Waals surface area contributed by atoms with E-state index in [-0.39, 0.29) is 6.61 Å². The lowest BCUT2D eigenvalue weighted by Crippen LogP contribution is -1.99. The van der Waals surface area contributed by atoms with Gasteiger partial charge in [-0.05, 0) is 72.8 Å². The van der Waals surface area contributed by atoms with Gasteiger partial charge in [0.1, 0.15) is 6.61 Å². The molecule has 0 spiro atoms. The third kappa shape index (κ3) is 3.97. The number of aromatic nitrogens is 1. The van der Waals surface area contributed by atoms with Crippen molar-refractivity contribution in [2.45, 2.75) is 20.5 Å². The molecule has 5 heteroatoms. The summed E-state index contributed by atoms with van der Waals surface area (Å²) in [5, 5.41) is 13.2. The molecule has 0 aliphatic rings. The van der Waals surface area contributed by atoms with Crippen LogP contribution in [0.5, 0.6) is 0 Å². The number of hydrogen-bond donors (Lipinski definition) is 0. The quantitative estimate of drug-likeness (QED) is 0.305. The lowest BCUT2D eigenvalue weighted by Gasteiger charge is -2.09. The first-order valence-corrected chi connectivity index (χ1v) is 9.26. The van der Waals surface area contributed by atoms with Crippen LogP contribution in [0.3, 0.4) is 0 Å². The Morgan fingerprint density at radius 3 is 2.62 bits per heavy atom. The molecule has 0 saturated carbocycles. The molecule has 26 heavy (non-hydrogen) atoms. The van der Waals surface area contributed by atoms with Gasteiger partial charge in [0.25, 0.3) is 0 Å². The number of nitriles is 1. The van der Waals surface area contributed by atoms with Crippen LogP contribution >= 0.6 is 22.6 Å². The SMILES string of the molecule is Cc1cc(/C=N/OCc2ccccc2C#N)c(C)n1-c1ccc(I)cc1. The van der Waals surface area contributed by atoms with Gasteiger partial charge in [0.15, 0.2) is 0 Å². The van der Waals surface area contributed by atoms with Gasteiger partial charge in [0.05, 0.1) is 17.8 Å². The lowest BCUT2D eigenvalue weighted by molar-refractivity contribution is 0.132. The van der Waals surface area contributed by atoms with Crippen LogP contribution < -0.4 is 0 Å². The van der Waals surface area contributed by atoms with E-state index < -0.39 is 0 Å². The summed E-state index contributed by atoms with van der Waals surface area (Å²) >= 11 is 2.30. The molecule has 0 fully saturated rings. The van der Waals surface area contributed by atoms with E-state index in [1.807, 2.05) is 18.2 Å². The van der Waals surface area contributed by atoms with Crippen molar-refractivity contribution in [1.82, 2.24) is 4.57 Å². The predicted molar refractivity (Wildman–Crippen MR) is 112 cm³/mol. The minimum absolute atomic E-state index is 0.274. The fourth-order valence-electron chi connectivity index (χ4n) is 2.86. The van der Waals surface area contributed by atoms with Gasteiger partial charge in [0.2, 0.25) is 0 Å². The monoisotopic (exact) mass is 455 g/mol. The molecule has 0 aliphatic heterocycles. The average Bonchev–Trinajstić information content (AvgIpc) is 2.93. The summed E-state index contributed by atoms with van der Waals surface area (Å²) in [6, 6.07) is 20.0. The molecule has 1 heterocycles. The Hall–Kier alpha value is -2.59. The Morgan fingerprint density at radius 1 is 1.15 bits per heavy atom. The maximum Gasteiger partial charge on any atom is 0.143 e. The predicted octanol–water partition coefficient (Wildman–Crippen LogP) is 5.12. The Bertz CT molecular complexity index is 981. The van der Waals surface area contributed by atoms with E-state index in [0.717, 1.165) is 28.2 Å². The number of nitrogens with zero attached hydrogens (tertiary/aromatic N) is 3. The van der Waals surface area contributed by atoms with Gasteiger partial charge in [-0.1, -0.05) is 23.4 Å². The van der Waals surface area contributed by atoms with Crippen molar-refractivity contribution in [1.29, 1.82) is 5.26 Å². The molecular formula is C21H18IN3O. The molecule has 0 saturated heterocycles. The first-order chi connectivity index (χ1) is 12.6. The zero-order valence-electron chi connectivity index (χ0n) is 14.6. The molecule has 3 aromatic rings. The van der Waals surface area contributed by atoms with Crippen molar-refractivity contribution in [3.63, 3.8) is 0 Å². The van der Waals surface area contributed by atoms with Crippen LogP contribution in [0.4, 0.5) is 0 Å². The summed E-state index contributed by atoms with van der Waals surface area (Å²) in [5.74, 6) is 0. The lowest BCUT2D eigenvalue weighted by atomic mass is 10.1. The smallest absolute Gasteiger partial charge is 0.143 e. The topological polar surface area (TPSA) is 50.3 Å². The van der Waals surface area contributed by atoms with Crippen molar-refractivity contribution >= 4 is 28.8 Å². The highest BCUT2D eigenvalue weighted by Gasteiger charge is 2.09. The van der Waals surface area contributed by atoms with Gasteiger partial charge < -0.3 is 9.40 Å². The second kappa shape index (κ2) is 8.19. The van der Waals surface area contributed by atoms with E-state index in [1.54, 1.807) is 12.3 Å². The standard InChI is InChI=1S/C21H18IN3O/c1-15-11-19(16(2)25(15)21-9-7-20(22)8-10-21)13-24-26-14-18-6-4-3-5-17(18)12-23/h3-11,13H,14H2,1-2H3/b24-13+. The molecular weight excluding hydrogens is 437 g/mol. The molecule has 0 amide bonds. The molecule has 0 radical (unpaired) electrons. The summed E-state index contributed by atoms with van der Waals surface area (Å²) in [6.45, 7) is 4.42. The van der Waals surface area contributed by atoms with Gasteiger partial charge in [-0.15, -0.1) is 0 Å². The van der Waals surface area contributed by atoms with E-state index in [2.05, 4.69) is 82.6 Å². The molecule has 4 nitrogen and oxygen atoms in total. The normalized spacial score (nSPS) is 10.8. The van der Waals surface area contributed by atoms with E-state index in [0.29, 0.717) is 5.56 Å². The van der Waals surface area contributed by atoms with Gasteiger partial charge in [-0.3, -0.25) is 0 Å². The fourth-order valence-corrected chi connectivity index (χ4v) is 3.22. The van der Waals surface area contributed by atoms with Crippen LogP contribution in [-0.2, 0) is 11.4 Å². The minimum Gasteiger partial charge on any atom is -0.391 e. The fraction of sp³-hybridized carbons (Fsp3) is 0.143. The van der Waals surface area contributed by atoms with Crippen molar-refractivity contribution in [2.24, 2.45) is 5.16 Å². The third-order valence-corrected chi connectivity index (χ3v) is 4.90. The Morgan fingerprint density at radius 2 is 1.88 bits per heavy atom. The molecule has 0 N–H and O–H groups in total. The number of hydrogen-bond acceptors (Lipinski definition) is 3. The largest absolute Gasteiger partial charge is 0.391 e. The second-order valence-electron chi connectivity index (χ2n) is 5.92. The molecule has 0 atom stereocenters. The maximum absolute atomic E-state index is 9.10. The summed E-state index contributed by atoms with van der Waals surface area (Å²) in [4.78, 5) is 5.40. The first kappa shape index (κ1) is 18.2. The highest BCUT2D eigenvalue weighted by molar-refractivity contribution is 14.1. The molecule has 0 aliphatic carbocycles. The molecule has 3 rings (SSSR count). The minimum atomic E-state index is 0.274. The van der Waals surface area contributed by atoms with Crippen molar-refractivity contribution in [3.05, 3.63) is 86.2 Å². The Balaban J connectivity index is 1.74. The number of aryl methyl sites for hydroxylation is 1. The zero-order valence-corrected chi connectivity index (χ0v) is 16.8. The van der Waals surface area contributed by atoms with Crippen LogP contribution in [0.2, 0.25) is 0 Å². The highest BCUT2D eigenvalue weighted by Crippen LogP contribution is 2.20. The molecule has 2 aromatic carbocycles. The van der Waals surface area contributed by atoms with Crippen LogP contribution in [-0.4, -0.2) is 10.8 Å². The third-order valence-electron chi connectivity index (χ3n) is 4.18. The van der Waals surface area contributed by atoms with Gasteiger partial charge in [-0.25, -0.2) is 0 Å². The van der Waals surface area contributed by atoms with Crippen molar-refractivity contribution in [3.8, 4) is 11.8 Å². The highest BCUT2D eigenvalue weighted by atomic mass is 127. The molecule has 1 aromatic heterocycles. The molecule has 130 valence electrons. The Labute approximate surface area is 166 Å². The number of benzene rings is 2. The maximum atomic E-state index is 9.10. The second-order valence-corrected chi connectivity index (χ2v) is 7.16.